The number of nitrogens with zero attached hydrogens (tertiary/aromatic N) is 1. The maximum atomic E-state index is 11.8. The van der Waals surface area contributed by atoms with E-state index in [1.165, 1.54) is 0 Å². The summed E-state index contributed by atoms with van der Waals surface area (Å²) >= 11 is 1.16. The molecule has 0 spiro atoms. The molecule has 14 heavy (non-hydrogen) atoms. The Bertz CT molecular complexity index is 327. The van der Waals surface area contributed by atoms with Crippen molar-refractivity contribution in [1.29, 1.82) is 0 Å². The van der Waals surface area contributed by atoms with Gasteiger partial charge in [-0.3, -0.25) is 9.59 Å². The van der Waals surface area contributed by atoms with Crippen LogP contribution in [-0.4, -0.2) is 23.0 Å². The molecule has 0 N–H and O–H groups in total. The zero-order valence-electron chi connectivity index (χ0n) is 9.17. The second-order valence-electron chi connectivity index (χ2n) is 4.18. The lowest BCUT2D eigenvalue weighted by Crippen LogP contribution is -2.46. The summed E-state index contributed by atoms with van der Waals surface area (Å²) in [7, 11) is 1.71. The Kier molecular flexibility index (Phi) is 2.76. The van der Waals surface area contributed by atoms with Crippen molar-refractivity contribution in [2.75, 3.05) is 7.05 Å². The minimum absolute atomic E-state index is 0.0724. The van der Waals surface area contributed by atoms with E-state index in [4.69, 9.17) is 0 Å². The van der Waals surface area contributed by atoms with Crippen molar-refractivity contribution in [3.8, 4) is 0 Å². The van der Waals surface area contributed by atoms with Crippen LogP contribution in [-0.2, 0) is 9.59 Å². The molecule has 1 aliphatic rings. The van der Waals surface area contributed by atoms with Gasteiger partial charge in [-0.05, 0) is 45.0 Å². The molecule has 0 aromatic carbocycles. The predicted octanol–water partition coefficient (Wildman–Crippen LogP) is 2.00. The third-order valence-corrected chi connectivity index (χ3v) is 3.84. The third-order valence-electron chi connectivity index (χ3n) is 2.27. The van der Waals surface area contributed by atoms with Gasteiger partial charge < -0.3 is 4.90 Å². The summed E-state index contributed by atoms with van der Waals surface area (Å²) in [5.41, 5.74) is 0.105. The molecule has 1 rings (SSSR count). The van der Waals surface area contributed by atoms with Gasteiger partial charge in [-0.15, -0.1) is 0 Å². The van der Waals surface area contributed by atoms with E-state index in [2.05, 4.69) is 0 Å². The van der Waals surface area contributed by atoms with Gasteiger partial charge in [0.2, 0.25) is 11.0 Å². The van der Waals surface area contributed by atoms with E-state index in [1.807, 2.05) is 13.8 Å². The maximum absolute atomic E-state index is 11.8. The van der Waals surface area contributed by atoms with Gasteiger partial charge in [0.1, 0.15) is 5.41 Å². The van der Waals surface area contributed by atoms with Crippen LogP contribution in [0.2, 0.25) is 0 Å². The molecule has 0 unspecified atom stereocenters. The summed E-state index contributed by atoms with van der Waals surface area (Å²) in [6.45, 7) is 7.14. The van der Waals surface area contributed by atoms with Crippen LogP contribution in [0.1, 0.15) is 27.7 Å². The van der Waals surface area contributed by atoms with Crippen molar-refractivity contribution in [2.24, 2.45) is 5.41 Å². The highest BCUT2D eigenvalue weighted by Crippen LogP contribution is 2.39. The van der Waals surface area contributed by atoms with E-state index in [9.17, 15) is 9.59 Å². The molecular weight excluding hydrogens is 198 g/mol. The monoisotopic (exact) mass is 213 g/mol. The molecule has 0 bridgehead atoms. The standard InChI is InChI=1S/C10H15NO2S/c1-6(2)7-11(5)8(12)10(3,4)9(13)14-7/h1-5H3. The van der Waals surface area contributed by atoms with Crippen LogP contribution < -0.4 is 0 Å². The van der Waals surface area contributed by atoms with E-state index in [0.29, 0.717) is 0 Å². The molecule has 4 heteroatoms. The molecule has 0 atom stereocenters. The average Bonchev–Trinajstić information content (AvgIpc) is 2.08. The van der Waals surface area contributed by atoms with Crippen LogP contribution in [0.3, 0.4) is 0 Å². The number of amides is 1. The minimum Gasteiger partial charge on any atom is -0.309 e. The molecule has 0 radical (unpaired) electrons. The van der Waals surface area contributed by atoms with Crippen molar-refractivity contribution in [3.63, 3.8) is 0 Å². The summed E-state index contributed by atoms with van der Waals surface area (Å²) in [6, 6.07) is 0. The molecule has 1 aliphatic heterocycles. The van der Waals surface area contributed by atoms with Crippen LogP contribution in [0.25, 0.3) is 0 Å². The van der Waals surface area contributed by atoms with Crippen LogP contribution in [0.15, 0.2) is 10.6 Å². The molecule has 78 valence electrons. The summed E-state index contributed by atoms with van der Waals surface area (Å²) in [6.07, 6.45) is 0. The van der Waals surface area contributed by atoms with Crippen LogP contribution in [0.5, 0.6) is 0 Å². The normalized spacial score (nSPS) is 21.5. The fourth-order valence-corrected chi connectivity index (χ4v) is 2.26. The van der Waals surface area contributed by atoms with Gasteiger partial charge in [0, 0.05) is 7.05 Å². The first kappa shape index (κ1) is 11.3. The van der Waals surface area contributed by atoms with Gasteiger partial charge >= 0.3 is 0 Å². The zero-order chi connectivity index (χ0) is 11.1. The van der Waals surface area contributed by atoms with Gasteiger partial charge in [-0.2, -0.15) is 0 Å². The Morgan fingerprint density at radius 1 is 1.29 bits per heavy atom. The van der Waals surface area contributed by atoms with Gasteiger partial charge in [0.05, 0.1) is 5.03 Å². The number of carbonyl (C=O) groups is 2. The van der Waals surface area contributed by atoms with Gasteiger partial charge in [-0.25, -0.2) is 0 Å². The van der Waals surface area contributed by atoms with Gasteiger partial charge in [0.25, 0.3) is 0 Å². The third kappa shape index (κ3) is 1.59. The zero-order valence-corrected chi connectivity index (χ0v) is 9.99. The highest BCUT2D eigenvalue weighted by atomic mass is 32.2. The number of thioether (sulfide) groups is 1. The van der Waals surface area contributed by atoms with Crippen molar-refractivity contribution in [1.82, 2.24) is 4.90 Å². The van der Waals surface area contributed by atoms with E-state index < -0.39 is 5.41 Å². The maximum Gasteiger partial charge on any atom is 0.241 e. The Labute approximate surface area is 88.5 Å². The minimum atomic E-state index is -0.891. The molecule has 0 aromatic heterocycles. The first-order chi connectivity index (χ1) is 6.28. The Morgan fingerprint density at radius 2 is 1.79 bits per heavy atom. The molecule has 3 nitrogen and oxygen atoms in total. The quantitative estimate of drug-likeness (QED) is 0.577. The topological polar surface area (TPSA) is 37.4 Å². The number of allylic oxidation sites excluding steroid dienone is 1. The molecule has 0 aromatic rings. The van der Waals surface area contributed by atoms with Crippen molar-refractivity contribution < 1.29 is 9.59 Å². The van der Waals surface area contributed by atoms with Crippen molar-refractivity contribution in [3.05, 3.63) is 10.6 Å². The van der Waals surface area contributed by atoms with E-state index in [-0.39, 0.29) is 11.0 Å². The summed E-state index contributed by atoms with van der Waals surface area (Å²) in [4.78, 5) is 25.1. The lowest BCUT2D eigenvalue weighted by molar-refractivity contribution is -0.142. The molecule has 0 aliphatic carbocycles. The smallest absolute Gasteiger partial charge is 0.241 e. The first-order valence-corrected chi connectivity index (χ1v) is 5.28. The predicted molar refractivity (Wildman–Crippen MR) is 57.5 cm³/mol. The summed E-state index contributed by atoms with van der Waals surface area (Å²) < 4.78 is 0. The Hall–Kier alpha value is -0.770. The fraction of sp³-hybridized carbons (Fsp3) is 0.600. The second kappa shape index (κ2) is 3.42. The van der Waals surface area contributed by atoms with Crippen LogP contribution >= 0.6 is 11.8 Å². The lowest BCUT2D eigenvalue weighted by atomic mass is 9.93. The Morgan fingerprint density at radius 3 is 2.21 bits per heavy atom. The van der Waals surface area contributed by atoms with Gasteiger partial charge in [-0.1, -0.05) is 0 Å². The molecule has 1 fully saturated rings. The first-order valence-electron chi connectivity index (χ1n) is 4.46. The van der Waals surface area contributed by atoms with Crippen molar-refractivity contribution in [2.45, 2.75) is 27.7 Å². The van der Waals surface area contributed by atoms with Crippen LogP contribution in [0, 0.1) is 5.41 Å². The molecule has 1 heterocycles. The highest BCUT2D eigenvalue weighted by molar-refractivity contribution is 8.17. The number of rotatable bonds is 0. The van der Waals surface area contributed by atoms with Crippen molar-refractivity contribution >= 4 is 22.8 Å². The molecular formula is C10H15NO2S. The number of carbonyl (C=O) groups excluding carboxylic acids is 2. The number of hydrogen-bond acceptors (Lipinski definition) is 3. The lowest BCUT2D eigenvalue weighted by Gasteiger charge is -2.35. The second-order valence-corrected chi connectivity index (χ2v) is 5.15. The van der Waals surface area contributed by atoms with E-state index in [1.54, 1.807) is 25.8 Å². The Balaban J connectivity index is 3.15. The van der Waals surface area contributed by atoms with E-state index >= 15 is 0 Å². The largest absolute Gasteiger partial charge is 0.309 e. The molecule has 1 amide bonds. The highest BCUT2D eigenvalue weighted by Gasteiger charge is 2.44. The number of hydrogen-bond donors (Lipinski definition) is 0. The summed E-state index contributed by atoms with van der Waals surface area (Å²) in [5.74, 6) is -0.127. The van der Waals surface area contributed by atoms with Crippen LogP contribution in [0.4, 0.5) is 0 Å². The fourth-order valence-electron chi connectivity index (χ4n) is 1.32. The molecule has 0 saturated carbocycles. The SMILES string of the molecule is CC(C)=C1SC(=O)C(C)(C)C(=O)N1C. The van der Waals surface area contributed by atoms with Gasteiger partial charge in [0.15, 0.2) is 0 Å². The molecule has 1 saturated heterocycles. The summed E-state index contributed by atoms with van der Waals surface area (Å²) in [5, 5.41) is 0.691. The average molecular weight is 213 g/mol. The van der Waals surface area contributed by atoms with E-state index in [0.717, 1.165) is 22.4 Å².